The van der Waals surface area contributed by atoms with E-state index in [4.69, 9.17) is 0 Å². The van der Waals surface area contributed by atoms with E-state index in [2.05, 4.69) is 4.74 Å². The van der Waals surface area contributed by atoms with Gasteiger partial charge in [-0.15, -0.1) is 0 Å². The van der Waals surface area contributed by atoms with Crippen LogP contribution >= 0.6 is 0 Å². The van der Waals surface area contributed by atoms with E-state index in [9.17, 15) is 22.6 Å². The fourth-order valence-corrected chi connectivity index (χ4v) is 3.31. The van der Waals surface area contributed by atoms with Crippen LogP contribution < -0.4 is 0 Å². The van der Waals surface area contributed by atoms with Crippen molar-refractivity contribution in [3.63, 3.8) is 0 Å². The summed E-state index contributed by atoms with van der Waals surface area (Å²) in [7, 11) is -4.48. The van der Waals surface area contributed by atoms with Gasteiger partial charge in [-0.2, -0.15) is 8.42 Å². The van der Waals surface area contributed by atoms with Crippen LogP contribution in [0.15, 0.2) is 29.2 Å². The third-order valence-electron chi connectivity index (χ3n) is 3.90. The van der Waals surface area contributed by atoms with Gasteiger partial charge in [-0.05, 0) is 42.0 Å². The molecular weight excluding hydrogens is 320 g/mol. The van der Waals surface area contributed by atoms with Gasteiger partial charge in [0.15, 0.2) is 0 Å². The molecule has 0 atom stereocenters. The largest absolute Gasteiger partial charge is 0.386 e. The van der Waals surface area contributed by atoms with Crippen molar-refractivity contribution < 1.29 is 27.3 Å². The zero-order valence-electron chi connectivity index (χ0n) is 12.3. The molecule has 1 aliphatic heterocycles. The number of rotatable bonds is 4. The Morgan fingerprint density at radius 1 is 1.09 bits per heavy atom. The van der Waals surface area contributed by atoms with Gasteiger partial charge in [-0.1, -0.05) is 19.4 Å². The molecule has 0 saturated heterocycles. The molecule has 6 nitrogen and oxygen atoms in total. The van der Waals surface area contributed by atoms with Crippen LogP contribution in [0, 0.1) is 0 Å². The highest BCUT2D eigenvalue weighted by atomic mass is 32.2. The zero-order valence-corrected chi connectivity index (χ0v) is 13.1. The fraction of sp³-hybridized carbons (Fsp3) is 0.250. The van der Waals surface area contributed by atoms with E-state index in [0.29, 0.717) is 17.2 Å². The Morgan fingerprint density at radius 3 is 2.43 bits per heavy atom. The van der Waals surface area contributed by atoms with Crippen molar-refractivity contribution in [3.05, 3.63) is 41.0 Å². The second kappa shape index (κ2) is 5.43. The summed E-state index contributed by atoms with van der Waals surface area (Å²) in [4.78, 5) is 23.5. The maximum Gasteiger partial charge on any atom is 0.346 e. The molecule has 0 radical (unpaired) electrons. The maximum absolute atomic E-state index is 12.0. The average Bonchev–Trinajstić information content (AvgIpc) is 2.49. The second-order valence-corrected chi connectivity index (χ2v) is 6.84. The summed E-state index contributed by atoms with van der Waals surface area (Å²) in [6.45, 7) is 2.02. The van der Waals surface area contributed by atoms with Gasteiger partial charge in [-0.3, -0.25) is 4.55 Å². The van der Waals surface area contributed by atoms with E-state index in [1.807, 2.05) is 6.92 Å². The predicted molar refractivity (Wildman–Crippen MR) is 82.1 cm³/mol. The summed E-state index contributed by atoms with van der Waals surface area (Å²) < 4.78 is 36.9. The number of esters is 2. The molecule has 0 spiro atoms. The number of ether oxygens (including phenoxy) is 1. The van der Waals surface area contributed by atoms with E-state index >= 15 is 0 Å². The van der Waals surface area contributed by atoms with Crippen molar-refractivity contribution in [1.82, 2.24) is 0 Å². The third-order valence-corrected chi connectivity index (χ3v) is 4.73. The lowest BCUT2D eigenvalue weighted by molar-refractivity contribution is 0.0391. The first-order valence-corrected chi connectivity index (χ1v) is 8.60. The summed E-state index contributed by atoms with van der Waals surface area (Å²) >= 11 is 0. The fourth-order valence-electron chi connectivity index (χ4n) is 2.78. The van der Waals surface area contributed by atoms with E-state index < -0.39 is 22.1 Å². The predicted octanol–water partition coefficient (Wildman–Crippen LogP) is 2.74. The number of aryl methyl sites for hydroxylation is 1. The van der Waals surface area contributed by atoms with Crippen molar-refractivity contribution >= 4 is 32.8 Å². The average molecular weight is 334 g/mol. The smallest absolute Gasteiger partial charge is 0.346 e. The summed E-state index contributed by atoms with van der Waals surface area (Å²) in [6.07, 6.45) is 2.48. The summed E-state index contributed by atoms with van der Waals surface area (Å²) in [5.74, 6) is -1.67. The van der Waals surface area contributed by atoms with Gasteiger partial charge >= 0.3 is 11.9 Å². The van der Waals surface area contributed by atoms with Gasteiger partial charge in [0, 0.05) is 5.39 Å². The first kappa shape index (κ1) is 15.6. The van der Waals surface area contributed by atoms with Crippen LogP contribution in [0.1, 0.15) is 46.0 Å². The molecular formula is C16H14O6S. The van der Waals surface area contributed by atoms with Crippen LogP contribution in [-0.2, 0) is 21.3 Å². The highest BCUT2D eigenvalue weighted by Gasteiger charge is 2.30. The van der Waals surface area contributed by atoms with E-state index in [-0.39, 0.29) is 16.0 Å². The molecule has 7 heteroatoms. The number of hydrogen-bond acceptors (Lipinski definition) is 5. The quantitative estimate of drug-likeness (QED) is 0.524. The molecule has 0 aliphatic carbocycles. The summed E-state index contributed by atoms with van der Waals surface area (Å²) in [6, 6.07) is 5.65. The molecule has 1 aliphatic rings. The SMILES string of the molecule is CCCCc1ccc2c3c(cc(S(=O)(=O)O)cc13)C(=O)OC2=O. The molecule has 0 bridgehead atoms. The lowest BCUT2D eigenvalue weighted by Gasteiger charge is -2.18. The topological polar surface area (TPSA) is 97.7 Å². The highest BCUT2D eigenvalue weighted by molar-refractivity contribution is 7.85. The molecule has 120 valence electrons. The standard InChI is InChI=1S/C16H14O6S/c1-2-3-4-9-5-6-11-14-12(9)7-10(23(19,20)21)8-13(14)16(18)22-15(11)17/h5-8H,2-4H2,1H3,(H,19,20,21). The van der Waals surface area contributed by atoms with E-state index in [0.717, 1.165) is 24.5 Å². The van der Waals surface area contributed by atoms with Gasteiger partial charge in [0.1, 0.15) is 0 Å². The van der Waals surface area contributed by atoms with Crippen LogP contribution in [0.3, 0.4) is 0 Å². The lowest BCUT2D eigenvalue weighted by atomic mass is 9.92. The Kier molecular flexibility index (Phi) is 3.69. The Hall–Kier alpha value is -2.25. The Bertz CT molecular complexity index is 943. The van der Waals surface area contributed by atoms with Gasteiger partial charge < -0.3 is 4.74 Å². The van der Waals surface area contributed by atoms with Gasteiger partial charge in [-0.25, -0.2) is 9.59 Å². The molecule has 0 fully saturated rings. The molecule has 0 aromatic heterocycles. The molecule has 1 heterocycles. The molecule has 3 rings (SSSR count). The minimum atomic E-state index is -4.48. The van der Waals surface area contributed by atoms with Crippen molar-refractivity contribution in [2.75, 3.05) is 0 Å². The van der Waals surface area contributed by atoms with Crippen LogP contribution in [0.25, 0.3) is 10.8 Å². The Balaban J connectivity index is 2.41. The molecule has 0 saturated carbocycles. The number of unbranched alkanes of at least 4 members (excludes halogenated alkanes) is 1. The first-order chi connectivity index (χ1) is 10.8. The maximum atomic E-state index is 12.0. The van der Waals surface area contributed by atoms with Crippen LogP contribution in [0.2, 0.25) is 0 Å². The number of hydrogen-bond donors (Lipinski definition) is 1. The van der Waals surface area contributed by atoms with Crippen molar-refractivity contribution in [2.24, 2.45) is 0 Å². The lowest BCUT2D eigenvalue weighted by Crippen LogP contribution is -2.20. The summed E-state index contributed by atoms with van der Waals surface area (Å²) in [5.41, 5.74) is 1.01. The van der Waals surface area contributed by atoms with Crippen molar-refractivity contribution in [2.45, 2.75) is 31.1 Å². The first-order valence-electron chi connectivity index (χ1n) is 7.16. The number of cyclic esters (lactones) is 2. The summed E-state index contributed by atoms with van der Waals surface area (Å²) in [5, 5.41) is 0.860. The van der Waals surface area contributed by atoms with Gasteiger partial charge in [0.2, 0.25) is 0 Å². The molecule has 1 N–H and O–H groups in total. The number of carbonyl (C=O) groups excluding carboxylic acids is 2. The van der Waals surface area contributed by atoms with E-state index in [1.165, 1.54) is 6.07 Å². The Morgan fingerprint density at radius 2 is 1.78 bits per heavy atom. The second-order valence-electron chi connectivity index (χ2n) is 5.42. The molecule has 0 unspecified atom stereocenters. The molecule has 23 heavy (non-hydrogen) atoms. The van der Waals surface area contributed by atoms with Crippen LogP contribution in [0.5, 0.6) is 0 Å². The van der Waals surface area contributed by atoms with Crippen molar-refractivity contribution in [1.29, 1.82) is 0 Å². The normalized spacial score (nSPS) is 14.2. The molecule has 0 amide bonds. The van der Waals surface area contributed by atoms with Crippen molar-refractivity contribution in [3.8, 4) is 0 Å². The van der Waals surface area contributed by atoms with Gasteiger partial charge in [0.25, 0.3) is 10.1 Å². The number of benzene rings is 2. The zero-order chi connectivity index (χ0) is 16.8. The molecule has 2 aromatic carbocycles. The third kappa shape index (κ3) is 2.62. The minimum absolute atomic E-state index is 0.0249. The highest BCUT2D eigenvalue weighted by Crippen LogP contribution is 2.34. The van der Waals surface area contributed by atoms with Gasteiger partial charge in [0.05, 0.1) is 16.0 Å². The van der Waals surface area contributed by atoms with E-state index in [1.54, 1.807) is 12.1 Å². The van der Waals surface area contributed by atoms with Crippen LogP contribution in [0.4, 0.5) is 0 Å². The number of carbonyl (C=O) groups is 2. The molecule has 2 aromatic rings. The van der Waals surface area contributed by atoms with Crippen LogP contribution in [-0.4, -0.2) is 24.9 Å². The monoisotopic (exact) mass is 334 g/mol. The minimum Gasteiger partial charge on any atom is -0.386 e. The Labute approximate surface area is 132 Å².